The van der Waals surface area contributed by atoms with Crippen LogP contribution in [0.5, 0.6) is 0 Å². The molecule has 1 aromatic rings. The van der Waals surface area contributed by atoms with Crippen molar-refractivity contribution in [3.05, 3.63) is 22.2 Å². The molecule has 1 heterocycles. The number of rotatable bonds is 7. The summed E-state index contributed by atoms with van der Waals surface area (Å²) in [5.41, 5.74) is 0.729. The first-order valence-corrected chi connectivity index (χ1v) is 6.61. The van der Waals surface area contributed by atoms with Gasteiger partial charge >= 0.3 is 5.97 Å². The van der Waals surface area contributed by atoms with Gasteiger partial charge in [-0.3, -0.25) is 0 Å². The maximum absolute atomic E-state index is 10.4. The number of hydrogen-bond acceptors (Lipinski definition) is 4. The fraction of sp³-hybridized carbons (Fsp3) is 0.500. The lowest BCUT2D eigenvalue weighted by molar-refractivity contribution is -0.131. The van der Waals surface area contributed by atoms with E-state index in [1.807, 2.05) is 5.38 Å². The molecular weight excluding hydrogens is 236 g/mol. The number of thiazole rings is 1. The zero-order valence-electron chi connectivity index (χ0n) is 10.2. The van der Waals surface area contributed by atoms with Crippen molar-refractivity contribution in [1.29, 1.82) is 0 Å². The zero-order chi connectivity index (χ0) is 12.7. The predicted octanol–water partition coefficient (Wildman–Crippen LogP) is 2.13. The van der Waals surface area contributed by atoms with Crippen LogP contribution in [0.25, 0.3) is 6.08 Å². The van der Waals surface area contributed by atoms with E-state index in [1.54, 1.807) is 11.3 Å². The first-order chi connectivity index (χ1) is 8.15. The third-order valence-corrected chi connectivity index (χ3v) is 3.43. The van der Waals surface area contributed by atoms with Crippen molar-refractivity contribution in [2.75, 3.05) is 19.6 Å². The second-order valence-electron chi connectivity index (χ2n) is 3.61. The van der Waals surface area contributed by atoms with E-state index in [4.69, 9.17) is 5.11 Å². The Labute approximate surface area is 106 Å². The van der Waals surface area contributed by atoms with Crippen LogP contribution in [0.2, 0.25) is 0 Å². The number of carboxylic acids is 1. The SMILES string of the molecule is CCN(CC)CCc1nc(/C=C/C(=O)O)cs1. The van der Waals surface area contributed by atoms with Gasteiger partial charge in [-0.2, -0.15) is 0 Å². The molecule has 0 atom stereocenters. The van der Waals surface area contributed by atoms with E-state index in [9.17, 15) is 4.79 Å². The molecule has 1 aromatic heterocycles. The Hall–Kier alpha value is -1.20. The molecule has 0 spiro atoms. The van der Waals surface area contributed by atoms with Crippen molar-refractivity contribution in [2.24, 2.45) is 0 Å². The molecule has 0 amide bonds. The quantitative estimate of drug-likeness (QED) is 0.757. The summed E-state index contributed by atoms with van der Waals surface area (Å²) in [6, 6.07) is 0. The van der Waals surface area contributed by atoms with Crippen LogP contribution in [0.4, 0.5) is 0 Å². The van der Waals surface area contributed by atoms with Crippen molar-refractivity contribution in [3.8, 4) is 0 Å². The first-order valence-electron chi connectivity index (χ1n) is 5.73. The smallest absolute Gasteiger partial charge is 0.328 e. The Bertz CT molecular complexity index is 384. The van der Waals surface area contributed by atoms with Crippen molar-refractivity contribution in [1.82, 2.24) is 9.88 Å². The number of likely N-dealkylation sites (N-methyl/N-ethyl adjacent to an activating group) is 1. The minimum absolute atomic E-state index is 0.729. The number of carboxylic acid groups (broad SMARTS) is 1. The number of nitrogens with zero attached hydrogens (tertiary/aromatic N) is 2. The lowest BCUT2D eigenvalue weighted by atomic mass is 10.3. The molecule has 0 fully saturated rings. The lowest BCUT2D eigenvalue weighted by Gasteiger charge is -2.16. The second-order valence-corrected chi connectivity index (χ2v) is 4.56. The van der Waals surface area contributed by atoms with Gasteiger partial charge in [0.1, 0.15) is 0 Å². The third kappa shape index (κ3) is 5.10. The fourth-order valence-corrected chi connectivity index (χ4v) is 2.22. The number of aliphatic carboxylic acids is 1. The second kappa shape index (κ2) is 7.19. The highest BCUT2D eigenvalue weighted by Gasteiger charge is 2.03. The Balaban J connectivity index is 2.48. The van der Waals surface area contributed by atoms with E-state index in [-0.39, 0.29) is 0 Å². The Kier molecular flexibility index (Phi) is 5.86. The highest BCUT2D eigenvalue weighted by molar-refractivity contribution is 7.09. The monoisotopic (exact) mass is 254 g/mol. The summed E-state index contributed by atoms with van der Waals surface area (Å²) in [7, 11) is 0. The predicted molar refractivity (Wildman–Crippen MR) is 70.3 cm³/mol. The van der Waals surface area contributed by atoms with E-state index in [0.717, 1.165) is 42.8 Å². The molecule has 1 N–H and O–H groups in total. The molecule has 5 heteroatoms. The maximum atomic E-state index is 10.4. The standard InChI is InChI=1S/C12H18N2O2S/c1-3-14(4-2)8-7-11-13-10(9-17-11)5-6-12(15)16/h5-6,9H,3-4,7-8H2,1-2H3,(H,15,16)/b6-5+. The van der Waals surface area contributed by atoms with Crippen LogP contribution >= 0.6 is 11.3 Å². The van der Waals surface area contributed by atoms with E-state index in [2.05, 4.69) is 23.7 Å². The van der Waals surface area contributed by atoms with Gasteiger partial charge in [-0.15, -0.1) is 11.3 Å². The highest BCUT2D eigenvalue weighted by Crippen LogP contribution is 2.12. The average molecular weight is 254 g/mol. The lowest BCUT2D eigenvalue weighted by Crippen LogP contribution is -2.25. The maximum Gasteiger partial charge on any atom is 0.328 e. The molecule has 0 saturated heterocycles. The topological polar surface area (TPSA) is 53.4 Å². The minimum atomic E-state index is -0.942. The fourth-order valence-electron chi connectivity index (χ4n) is 1.47. The Morgan fingerprint density at radius 1 is 1.53 bits per heavy atom. The summed E-state index contributed by atoms with van der Waals surface area (Å²) in [5, 5.41) is 11.4. The van der Waals surface area contributed by atoms with Crippen LogP contribution in [0.1, 0.15) is 24.5 Å². The summed E-state index contributed by atoms with van der Waals surface area (Å²) in [5.74, 6) is -0.942. The van der Waals surface area contributed by atoms with E-state index in [1.165, 1.54) is 6.08 Å². The van der Waals surface area contributed by atoms with Crippen molar-refractivity contribution in [3.63, 3.8) is 0 Å². The van der Waals surface area contributed by atoms with Crippen LogP contribution < -0.4 is 0 Å². The molecule has 0 saturated carbocycles. The largest absolute Gasteiger partial charge is 0.478 e. The van der Waals surface area contributed by atoms with Crippen molar-refractivity contribution >= 4 is 23.4 Å². The summed E-state index contributed by atoms with van der Waals surface area (Å²) < 4.78 is 0. The zero-order valence-corrected chi connectivity index (χ0v) is 11.0. The summed E-state index contributed by atoms with van der Waals surface area (Å²) >= 11 is 1.58. The van der Waals surface area contributed by atoms with Crippen LogP contribution in [0, 0.1) is 0 Å². The number of hydrogen-bond donors (Lipinski definition) is 1. The molecule has 0 unspecified atom stereocenters. The van der Waals surface area contributed by atoms with Gasteiger partial charge in [-0.05, 0) is 19.2 Å². The van der Waals surface area contributed by atoms with E-state index >= 15 is 0 Å². The molecule has 17 heavy (non-hydrogen) atoms. The molecule has 0 aromatic carbocycles. The van der Waals surface area contributed by atoms with Gasteiger partial charge in [0, 0.05) is 24.4 Å². The van der Waals surface area contributed by atoms with Crippen LogP contribution in [0.3, 0.4) is 0 Å². The molecule has 1 rings (SSSR count). The highest BCUT2D eigenvalue weighted by atomic mass is 32.1. The summed E-state index contributed by atoms with van der Waals surface area (Å²) in [6.07, 6.45) is 3.57. The van der Waals surface area contributed by atoms with Gasteiger partial charge < -0.3 is 10.0 Å². The minimum Gasteiger partial charge on any atom is -0.478 e. The molecular formula is C12H18N2O2S. The molecule has 0 radical (unpaired) electrons. The first kappa shape index (κ1) is 13.9. The van der Waals surface area contributed by atoms with Gasteiger partial charge in [-0.1, -0.05) is 13.8 Å². The van der Waals surface area contributed by atoms with Crippen molar-refractivity contribution in [2.45, 2.75) is 20.3 Å². The molecule has 94 valence electrons. The summed E-state index contributed by atoms with van der Waals surface area (Å²) in [4.78, 5) is 17.1. The molecule has 0 aliphatic carbocycles. The van der Waals surface area contributed by atoms with E-state index in [0.29, 0.717) is 0 Å². The molecule has 4 nitrogen and oxygen atoms in total. The molecule has 0 aliphatic heterocycles. The molecule has 0 aliphatic rings. The Morgan fingerprint density at radius 2 is 2.24 bits per heavy atom. The van der Waals surface area contributed by atoms with Crippen LogP contribution in [-0.4, -0.2) is 40.6 Å². The number of aromatic nitrogens is 1. The van der Waals surface area contributed by atoms with Gasteiger partial charge in [0.25, 0.3) is 0 Å². The average Bonchev–Trinajstić information content (AvgIpc) is 2.76. The Morgan fingerprint density at radius 3 is 2.82 bits per heavy atom. The van der Waals surface area contributed by atoms with Gasteiger partial charge in [-0.25, -0.2) is 9.78 Å². The van der Waals surface area contributed by atoms with Crippen molar-refractivity contribution < 1.29 is 9.90 Å². The number of carbonyl (C=O) groups is 1. The van der Waals surface area contributed by atoms with Gasteiger partial charge in [0.15, 0.2) is 0 Å². The van der Waals surface area contributed by atoms with Gasteiger partial charge in [0.05, 0.1) is 10.7 Å². The van der Waals surface area contributed by atoms with E-state index < -0.39 is 5.97 Å². The summed E-state index contributed by atoms with van der Waals surface area (Å²) in [6.45, 7) is 7.39. The molecule has 0 bridgehead atoms. The third-order valence-electron chi connectivity index (χ3n) is 2.50. The normalized spacial score (nSPS) is 11.5. The van der Waals surface area contributed by atoms with Crippen LogP contribution in [0.15, 0.2) is 11.5 Å². The van der Waals surface area contributed by atoms with Crippen LogP contribution in [-0.2, 0) is 11.2 Å². The van der Waals surface area contributed by atoms with Gasteiger partial charge in [0.2, 0.25) is 0 Å².